The highest BCUT2D eigenvalue weighted by molar-refractivity contribution is 7.19. The number of hydrogen-bond donors (Lipinski definition) is 2. The number of halogens is 5. The monoisotopic (exact) mass is 629 g/mol. The Morgan fingerprint density at radius 2 is 1.98 bits per heavy atom. The topological polar surface area (TPSA) is 103 Å². The molecule has 4 heterocycles. The highest BCUT2D eigenvalue weighted by Crippen LogP contribution is 2.45. The Morgan fingerprint density at radius 1 is 1.22 bits per heavy atom. The number of carbonyl (C=O) groups is 1. The summed E-state index contributed by atoms with van der Waals surface area (Å²) < 4.78 is 54.5. The number of nitrogen functional groups attached to an aromatic ring is 1. The second kappa shape index (κ2) is 11.8. The molecule has 3 N–H and O–H groups in total. The Balaban J connectivity index is 1.36. The number of nitrogens with zero attached hydrogens (tertiary/aromatic N) is 3. The molecule has 0 radical (unpaired) electrons. The molecule has 41 heavy (non-hydrogen) atoms. The molecular weight excluding hydrogens is 602 g/mol. The lowest BCUT2D eigenvalue weighted by Crippen LogP contribution is -2.41. The van der Waals surface area contributed by atoms with Gasteiger partial charge in [0.05, 0.1) is 10.9 Å². The number of piperidine rings is 1. The van der Waals surface area contributed by atoms with Crippen molar-refractivity contribution in [2.24, 2.45) is 5.41 Å². The normalized spacial score (nSPS) is 19.4. The first-order valence-electron chi connectivity index (χ1n) is 13.0. The molecule has 5 rings (SSSR count). The molecule has 2 fully saturated rings. The van der Waals surface area contributed by atoms with Gasteiger partial charge in [0.1, 0.15) is 11.9 Å². The Labute approximate surface area is 248 Å². The molecule has 14 heteroatoms. The molecule has 2 aromatic heterocycles. The Hall–Kier alpha value is -2.80. The average Bonchev–Trinajstić information content (AvgIpc) is 3.54. The van der Waals surface area contributed by atoms with Crippen LogP contribution in [-0.2, 0) is 9.53 Å². The molecule has 2 saturated heterocycles. The lowest BCUT2D eigenvalue weighted by molar-refractivity contribution is -0.198. The highest BCUT2D eigenvalue weighted by atomic mass is 35.5. The van der Waals surface area contributed by atoms with Gasteiger partial charge in [-0.1, -0.05) is 29.3 Å². The number of rotatable bonds is 7. The number of benzene rings is 1. The smallest absolute Gasteiger partial charge is 0.429 e. The van der Waals surface area contributed by atoms with Gasteiger partial charge in [0.25, 0.3) is 0 Å². The van der Waals surface area contributed by atoms with E-state index in [1.54, 1.807) is 19.1 Å². The van der Waals surface area contributed by atoms with Crippen LogP contribution in [0.5, 0.6) is 5.88 Å². The number of nitrogens with two attached hydrogens (primary N) is 1. The van der Waals surface area contributed by atoms with Crippen molar-refractivity contribution >= 4 is 52.3 Å². The van der Waals surface area contributed by atoms with Gasteiger partial charge in [0, 0.05) is 46.7 Å². The summed E-state index contributed by atoms with van der Waals surface area (Å²) in [6.07, 6.45) is -4.94. The molecule has 0 unspecified atom stereocenters. The number of thiophene rings is 1. The molecular formula is C27H28Cl2F3N5O3S. The van der Waals surface area contributed by atoms with Gasteiger partial charge in [-0.25, -0.2) is 0 Å². The molecule has 0 aliphatic carbocycles. The van der Waals surface area contributed by atoms with Crippen molar-refractivity contribution in [3.05, 3.63) is 51.3 Å². The van der Waals surface area contributed by atoms with Crippen LogP contribution in [0.1, 0.15) is 37.9 Å². The fourth-order valence-corrected chi connectivity index (χ4v) is 6.68. The number of esters is 1. The number of alkyl halides is 3. The van der Waals surface area contributed by atoms with Gasteiger partial charge < -0.3 is 25.4 Å². The van der Waals surface area contributed by atoms with Crippen molar-refractivity contribution in [1.82, 2.24) is 15.3 Å². The summed E-state index contributed by atoms with van der Waals surface area (Å²) in [5, 5.41) is 3.54. The van der Waals surface area contributed by atoms with E-state index in [-0.39, 0.29) is 45.4 Å². The van der Waals surface area contributed by atoms with E-state index in [4.69, 9.17) is 38.4 Å². The molecule has 3 aromatic rings. The number of nitrogens with one attached hydrogen (secondary N) is 1. The number of anilines is 2. The molecule has 1 aromatic carbocycles. The summed E-state index contributed by atoms with van der Waals surface area (Å²) in [5.74, 6) is -0.380. The minimum absolute atomic E-state index is 0.0666. The number of aromatic nitrogens is 2. The van der Waals surface area contributed by atoms with Gasteiger partial charge in [0.2, 0.25) is 17.9 Å². The molecule has 0 bridgehead atoms. The van der Waals surface area contributed by atoms with Crippen LogP contribution in [0.4, 0.5) is 24.9 Å². The predicted molar refractivity (Wildman–Crippen MR) is 153 cm³/mol. The molecule has 2 atom stereocenters. The standard InChI is InChI=1S/C27H28Cl2F3N5O3S/c1-2-39-24(38)18-13-26(14-34-18)7-9-37(10-8-26)21-12-22(36-25(33)35-21)40-23(27(30,31)32)16-4-3-15(28)11-17(16)19-5-6-20(29)41-19/h3-6,11-12,18,23,34H,2,7-10,13-14H2,1H3,(H2,33,35,36)/t18-,23+/m0/s1. The second-order valence-corrected chi connectivity index (χ2v) is 12.3. The minimum atomic E-state index is -4.79. The van der Waals surface area contributed by atoms with E-state index in [1.165, 1.54) is 24.3 Å². The molecule has 8 nitrogen and oxygen atoms in total. The zero-order valence-electron chi connectivity index (χ0n) is 22.0. The molecule has 2 aliphatic rings. The quantitative estimate of drug-likeness (QED) is 0.294. The Kier molecular flexibility index (Phi) is 8.56. The largest absolute Gasteiger partial charge is 0.465 e. The lowest BCUT2D eigenvalue weighted by Gasteiger charge is -2.39. The van der Waals surface area contributed by atoms with E-state index in [1.807, 2.05) is 4.90 Å². The van der Waals surface area contributed by atoms with Crippen LogP contribution < -0.4 is 20.7 Å². The average molecular weight is 631 g/mol. The van der Waals surface area contributed by atoms with Gasteiger partial charge in [-0.15, -0.1) is 11.3 Å². The van der Waals surface area contributed by atoms with E-state index in [0.29, 0.717) is 47.7 Å². The predicted octanol–water partition coefficient (Wildman–Crippen LogP) is 6.29. The summed E-state index contributed by atoms with van der Waals surface area (Å²) >= 11 is 13.3. The fourth-order valence-electron chi connectivity index (χ4n) is 5.43. The summed E-state index contributed by atoms with van der Waals surface area (Å²) in [7, 11) is 0. The Bertz CT molecular complexity index is 1420. The second-order valence-electron chi connectivity index (χ2n) is 10.2. The van der Waals surface area contributed by atoms with Crippen molar-refractivity contribution in [3.63, 3.8) is 0 Å². The van der Waals surface area contributed by atoms with Crippen molar-refractivity contribution in [3.8, 4) is 16.3 Å². The summed E-state index contributed by atoms with van der Waals surface area (Å²) in [4.78, 5) is 22.9. The molecule has 220 valence electrons. The van der Waals surface area contributed by atoms with Crippen LogP contribution in [0.15, 0.2) is 36.4 Å². The van der Waals surface area contributed by atoms with E-state index in [9.17, 15) is 18.0 Å². The zero-order chi connectivity index (χ0) is 29.4. The minimum Gasteiger partial charge on any atom is -0.465 e. The number of carbonyl (C=O) groups excluding carboxylic acids is 1. The summed E-state index contributed by atoms with van der Waals surface area (Å²) in [6.45, 7) is 3.95. The molecule has 1 spiro atoms. The molecule has 0 saturated carbocycles. The van der Waals surface area contributed by atoms with Crippen LogP contribution >= 0.6 is 34.5 Å². The number of hydrogen-bond acceptors (Lipinski definition) is 9. The van der Waals surface area contributed by atoms with Gasteiger partial charge in [-0.3, -0.25) is 4.79 Å². The van der Waals surface area contributed by atoms with Crippen LogP contribution in [0.2, 0.25) is 9.36 Å². The van der Waals surface area contributed by atoms with Crippen molar-refractivity contribution in [2.45, 2.75) is 44.5 Å². The Morgan fingerprint density at radius 3 is 2.63 bits per heavy atom. The first-order valence-corrected chi connectivity index (χ1v) is 14.6. The maximum absolute atomic E-state index is 14.5. The first-order chi connectivity index (χ1) is 19.5. The van der Waals surface area contributed by atoms with Crippen LogP contribution in [0.3, 0.4) is 0 Å². The zero-order valence-corrected chi connectivity index (χ0v) is 24.3. The van der Waals surface area contributed by atoms with E-state index >= 15 is 0 Å². The first kappa shape index (κ1) is 29.7. The van der Waals surface area contributed by atoms with Crippen LogP contribution in [0.25, 0.3) is 10.4 Å². The van der Waals surface area contributed by atoms with Crippen LogP contribution in [0, 0.1) is 5.41 Å². The van der Waals surface area contributed by atoms with E-state index in [0.717, 1.165) is 24.2 Å². The van der Waals surface area contributed by atoms with Crippen molar-refractivity contribution < 1.29 is 27.4 Å². The molecule has 2 aliphatic heterocycles. The third-order valence-corrected chi connectivity index (χ3v) is 8.96. The van der Waals surface area contributed by atoms with Gasteiger partial charge in [-0.2, -0.15) is 23.1 Å². The van der Waals surface area contributed by atoms with Crippen molar-refractivity contribution in [1.29, 1.82) is 0 Å². The van der Waals surface area contributed by atoms with Gasteiger partial charge in [0.15, 0.2) is 0 Å². The van der Waals surface area contributed by atoms with E-state index in [2.05, 4.69) is 15.3 Å². The lowest BCUT2D eigenvalue weighted by atomic mass is 9.76. The highest BCUT2D eigenvalue weighted by Gasteiger charge is 2.46. The maximum atomic E-state index is 14.5. The third kappa shape index (κ3) is 6.66. The van der Waals surface area contributed by atoms with Crippen LogP contribution in [-0.4, -0.2) is 54.4 Å². The SMILES string of the molecule is CCOC(=O)[C@@H]1CC2(CCN(c3cc(O[C@H](c4ccc(Cl)cc4-c4ccc(Cl)s4)C(F)(F)F)nc(N)n3)CC2)CN1. The fraction of sp³-hybridized carbons (Fsp3) is 0.444. The van der Waals surface area contributed by atoms with E-state index < -0.39 is 12.3 Å². The van der Waals surface area contributed by atoms with Gasteiger partial charge in [-0.05, 0) is 55.9 Å². The summed E-state index contributed by atoms with van der Waals surface area (Å²) in [5.41, 5.74) is 5.98. The third-order valence-electron chi connectivity index (χ3n) is 7.46. The maximum Gasteiger partial charge on any atom is 0.429 e. The number of ether oxygens (including phenoxy) is 2. The summed E-state index contributed by atoms with van der Waals surface area (Å²) in [6, 6.07) is 8.40. The van der Waals surface area contributed by atoms with Gasteiger partial charge >= 0.3 is 12.1 Å². The molecule has 0 amide bonds. The van der Waals surface area contributed by atoms with Crippen molar-refractivity contribution in [2.75, 3.05) is 36.9 Å².